The molecule has 1 amide bonds. The molecule has 0 radical (unpaired) electrons. The molecule has 6 nitrogen and oxygen atoms in total. The monoisotopic (exact) mass is 466 g/mol. The third kappa shape index (κ3) is 6.44. The summed E-state index contributed by atoms with van der Waals surface area (Å²) >= 11 is 0. The molecule has 0 spiro atoms. The number of para-hydroxylation sites is 1. The molecule has 6 heteroatoms. The second-order valence-corrected chi connectivity index (χ2v) is 8.42. The number of nitrogens with one attached hydrogen (secondary N) is 1. The van der Waals surface area contributed by atoms with Crippen molar-refractivity contribution in [3.8, 4) is 22.7 Å². The van der Waals surface area contributed by atoms with Gasteiger partial charge >= 0.3 is 0 Å². The Morgan fingerprint density at radius 3 is 2.40 bits per heavy atom. The Morgan fingerprint density at radius 1 is 1.03 bits per heavy atom. The van der Waals surface area contributed by atoms with Crippen LogP contribution in [0, 0.1) is 0 Å². The zero-order chi connectivity index (χ0) is 24.5. The molecule has 0 bridgehead atoms. The van der Waals surface area contributed by atoms with Crippen molar-refractivity contribution in [1.82, 2.24) is 15.2 Å². The third-order valence-corrected chi connectivity index (χ3v) is 5.74. The average molecular weight is 467 g/mol. The summed E-state index contributed by atoms with van der Waals surface area (Å²) in [5.41, 5.74) is 7.30. The van der Waals surface area contributed by atoms with E-state index >= 15 is 0 Å². The van der Waals surface area contributed by atoms with Gasteiger partial charge in [-0.25, -0.2) is 10.1 Å². The molecular formula is C29H30N4O2. The summed E-state index contributed by atoms with van der Waals surface area (Å²) in [6, 6.07) is 27.7. The third-order valence-electron chi connectivity index (χ3n) is 5.74. The number of hydrogen-bond acceptors (Lipinski definition) is 4. The van der Waals surface area contributed by atoms with Crippen LogP contribution in [-0.2, 0) is 4.79 Å². The summed E-state index contributed by atoms with van der Waals surface area (Å²) in [4.78, 5) is 12.3. The van der Waals surface area contributed by atoms with Crippen LogP contribution in [0.15, 0.2) is 96.2 Å². The number of ether oxygens (including phenoxy) is 1. The van der Waals surface area contributed by atoms with Crippen LogP contribution in [0.5, 0.6) is 5.75 Å². The van der Waals surface area contributed by atoms with Crippen molar-refractivity contribution in [1.29, 1.82) is 0 Å². The maximum Gasteiger partial charge on any atom is 0.277 e. The molecule has 1 atom stereocenters. The van der Waals surface area contributed by atoms with Gasteiger partial charge in [0.15, 0.2) is 6.61 Å². The maximum atomic E-state index is 12.3. The lowest BCUT2D eigenvalue weighted by molar-refractivity contribution is -0.123. The smallest absolute Gasteiger partial charge is 0.277 e. The van der Waals surface area contributed by atoms with Crippen LogP contribution in [0.25, 0.3) is 16.9 Å². The SMILES string of the molecule is CCC[C@@H](C)c1ccc(OCC(=O)N/N=C/c2cn(-c3ccccc3)nc2-c2ccccc2)cc1. The van der Waals surface area contributed by atoms with Gasteiger partial charge in [0, 0.05) is 17.3 Å². The van der Waals surface area contributed by atoms with E-state index in [-0.39, 0.29) is 12.5 Å². The lowest BCUT2D eigenvalue weighted by Gasteiger charge is -2.11. The lowest BCUT2D eigenvalue weighted by atomic mass is 9.97. The number of hydrazone groups is 1. The topological polar surface area (TPSA) is 68.5 Å². The molecule has 4 aromatic rings. The molecule has 0 fully saturated rings. The summed E-state index contributed by atoms with van der Waals surface area (Å²) in [6.45, 7) is 4.29. The highest BCUT2D eigenvalue weighted by atomic mass is 16.5. The fraction of sp³-hybridized carbons (Fsp3) is 0.207. The Hall–Kier alpha value is -4.19. The predicted octanol–water partition coefficient (Wildman–Crippen LogP) is 5.97. The molecule has 0 saturated heterocycles. The van der Waals surface area contributed by atoms with Gasteiger partial charge in [-0.05, 0) is 42.2 Å². The summed E-state index contributed by atoms with van der Waals surface area (Å²) in [5.74, 6) is 0.840. The van der Waals surface area contributed by atoms with Crippen molar-refractivity contribution >= 4 is 12.1 Å². The highest BCUT2D eigenvalue weighted by molar-refractivity contribution is 5.89. The quantitative estimate of drug-likeness (QED) is 0.231. The zero-order valence-electron chi connectivity index (χ0n) is 20.1. The molecule has 0 aliphatic heterocycles. The van der Waals surface area contributed by atoms with Crippen LogP contribution >= 0.6 is 0 Å². The molecule has 0 unspecified atom stereocenters. The van der Waals surface area contributed by atoms with Crippen LogP contribution in [0.2, 0.25) is 0 Å². The van der Waals surface area contributed by atoms with Crippen LogP contribution in [0.3, 0.4) is 0 Å². The number of benzene rings is 3. The van der Waals surface area contributed by atoms with E-state index < -0.39 is 0 Å². The number of nitrogens with zero attached hydrogens (tertiary/aromatic N) is 3. The predicted molar refractivity (Wildman–Crippen MR) is 140 cm³/mol. The first-order chi connectivity index (χ1) is 17.1. The molecule has 1 aromatic heterocycles. The fourth-order valence-corrected chi connectivity index (χ4v) is 3.86. The molecule has 1 heterocycles. The van der Waals surface area contributed by atoms with Gasteiger partial charge in [0.25, 0.3) is 5.91 Å². The standard InChI is InChI=1S/C29H30N4O2/c1-3-10-22(2)23-15-17-27(18-16-23)35-21-28(34)31-30-19-25-20-33(26-13-8-5-9-14-26)32-29(25)24-11-6-4-7-12-24/h4-9,11-20,22H,3,10,21H2,1-2H3,(H,31,34)/b30-19+/t22-/m1/s1. The first kappa shape index (κ1) is 24.0. The van der Waals surface area contributed by atoms with E-state index in [9.17, 15) is 4.79 Å². The van der Waals surface area contributed by atoms with Gasteiger partial charge in [0.2, 0.25) is 0 Å². The first-order valence-electron chi connectivity index (χ1n) is 11.9. The van der Waals surface area contributed by atoms with E-state index in [0.29, 0.717) is 11.7 Å². The Balaban J connectivity index is 1.39. The van der Waals surface area contributed by atoms with Gasteiger partial charge < -0.3 is 4.74 Å². The van der Waals surface area contributed by atoms with Crippen LogP contribution in [-0.4, -0.2) is 28.5 Å². The number of carbonyl (C=O) groups is 1. The highest BCUT2D eigenvalue weighted by Crippen LogP contribution is 2.23. The lowest BCUT2D eigenvalue weighted by Crippen LogP contribution is -2.24. The van der Waals surface area contributed by atoms with Gasteiger partial charge in [-0.3, -0.25) is 4.79 Å². The Bertz CT molecular complexity index is 1250. The van der Waals surface area contributed by atoms with Gasteiger partial charge in [-0.1, -0.05) is 80.9 Å². The summed E-state index contributed by atoms with van der Waals surface area (Å²) in [5, 5.41) is 8.89. The minimum Gasteiger partial charge on any atom is -0.484 e. The van der Waals surface area contributed by atoms with Gasteiger partial charge in [0.1, 0.15) is 11.4 Å². The second-order valence-electron chi connectivity index (χ2n) is 8.42. The number of hydrogen-bond donors (Lipinski definition) is 1. The normalized spacial score (nSPS) is 11.9. The van der Waals surface area contributed by atoms with Crippen molar-refractivity contribution in [3.63, 3.8) is 0 Å². The maximum absolute atomic E-state index is 12.3. The Kier molecular flexibility index (Phi) is 8.07. The number of amides is 1. The molecule has 0 aliphatic carbocycles. The minimum absolute atomic E-state index is 0.115. The second kappa shape index (κ2) is 11.8. The van der Waals surface area contributed by atoms with E-state index in [0.717, 1.165) is 35.3 Å². The highest BCUT2D eigenvalue weighted by Gasteiger charge is 2.11. The first-order valence-corrected chi connectivity index (χ1v) is 11.9. The van der Waals surface area contributed by atoms with Gasteiger partial charge in [-0.2, -0.15) is 10.2 Å². The Morgan fingerprint density at radius 2 is 1.71 bits per heavy atom. The van der Waals surface area contributed by atoms with Gasteiger partial charge in [-0.15, -0.1) is 0 Å². The molecule has 0 saturated carbocycles. The van der Waals surface area contributed by atoms with Gasteiger partial charge in [0.05, 0.1) is 11.9 Å². The minimum atomic E-state index is -0.332. The van der Waals surface area contributed by atoms with Crippen molar-refractivity contribution < 1.29 is 9.53 Å². The zero-order valence-corrected chi connectivity index (χ0v) is 20.1. The van der Waals surface area contributed by atoms with E-state index in [4.69, 9.17) is 9.84 Å². The van der Waals surface area contributed by atoms with Crippen molar-refractivity contribution in [3.05, 3.63) is 102 Å². The number of rotatable bonds is 10. The molecule has 178 valence electrons. The fourth-order valence-electron chi connectivity index (χ4n) is 3.86. The molecule has 3 aromatic carbocycles. The van der Waals surface area contributed by atoms with Crippen molar-refractivity contribution in [2.45, 2.75) is 32.6 Å². The number of aromatic nitrogens is 2. The van der Waals surface area contributed by atoms with E-state index in [1.54, 1.807) is 10.9 Å². The van der Waals surface area contributed by atoms with E-state index in [1.165, 1.54) is 5.56 Å². The largest absolute Gasteiger partial charge is 0.484 e. The van der Waals surface area contributed by atoms with Crippen molar-refractivity contribution in [2.24, 2.45) is 5.10 Å². The Labute approximate surface area is 206 Å². The summed E-state index contributed by atoms with van der Waals surface area (Å²) < 4.78 is 7.42. The average Bonchev–Trinajstić information content (AvgIpc) is 3.33. The summed E-state index contributed by atoms with van der Waals surface area (Å²) in [6.07, 6.45) is 5.80. The van der Waals surface area contributed by atoms with Crippen LogP contribution < -0.4 is 10.2 Å². The number of carbonyl (C=O) groups excluding carboxylic acids is 1. The summed E-state index contributed by atoms with van der Waals surface area (Å²) in [7, 11) is 0. The molecule has 1 N–H and O–H groups in total. The van der Waals surface area contributed by atoms with Crippen LogP contribution in [0.4, 0.5) is 0 Å². The van der Waals surface area contributed by atoms with Crippen molar-refractivity contribution in [2.75, 3.05) is 6.61 Å². The van der Waals surface area contributed by atoms with Crippen LogP contribution in [0.1, 0.15) is 43.7 Å². The van der Waals surface area contributed by atoms with E-state index in [2.05, 4.69) is 36.5 Å². The van der Waals surface area contributed by atoms with E-state index in [1.807, 2.05) is 79.0 Å². The molecule has 0 aliphatic rings. The molecular weight excluding hydrogens is 436 g/mol. The molecule has 35 heavy (non-hydrogen) atoms. The molecule has 4 rings (SSSR count).